The number of fused-ring (bicyclic) bond motifs is 1. The molecule has 0 saturated carbocycles. The van der Waals surface area contributed by atoms with E-state index in [1.807, 2.05) is 0 Å². The Labute approximate surface area is 151 Å². The molecule has 1 amide bonds. The summed E-state index contributed by atoms with van der Waals surface area (Å²) in [7, 11) is 3.02. The number of nitrogens with zero attached hydrogens (tertiary/aromatic N) is 1. The number of halogens is 2. The Morgan fingerprint density at radius 1 is 1.19 bits per heavy atom. The summed E-state index contributed by atoms with van der Waals surface area (Å²) in [6.45, 7) is 0. The number of benzene rings is 2. The molecule has 3 rings (SSSR count). The Balaban J connectivity index is 1.68. The second-order valence-corrected chi connectivity index (χ2v) is 6.19. The molecule has 1 heterocycles. The van der Waals surface area contributed by atoms with Crippen LogP contribution in [0.5, 0.6) is 11.5 Å². The third-order valence-electron chi connectivity index (χ3n) is 3.52. The fourth-order valence-corrected chi connectivity index (χ4v) is 2.97. The van der Waals surface area contributed by atoms with Gasteiger partial charge in [0.25, 0.3) is 0 Å². The van der Waals surface area contributed by atoms with Crippen molar-refractivity contribution in [2.45, 2.75) is 5.16 Å². The van der Waals surface area contributed by atoms with Crippen LogP contribution in [-0.4, -0.2) is 35.8 Å². The van der Waals surface area contributed by atoms with Gasteiger partial charge >= 0.3 is 0 Å². The maximum atomic E-state index is 13.2. The average Bonchev–Trinajstić information content (AvgIpc) is 3.02. The number of nitrogens with one attached hydrogen (secondary N) is 2. The van der Waals surface area contributed by atoms with Crippen molar-refractivity contribution in [2.75, 3.05) is 25.3 Å². The van der Waals surface area contributed by atoms with Gasteiger partial charge in [-0.1, -0.05) is 11.8 Å². The molecule has 0 radical (unpaired) electrons. The van der Waals surface area contributed by atoms with E-state index in [-0.39, 0.29) is 11.7 Å². The topological polar surface area (TPSA) is 76.2 Å². The highest BCUT2D eigenvalue weighted by atomic mass is 32.2. The van der Waals surface area contributed by atoms with Crippen LogP contribution in [0.1, 0.15) is 0 Å². The van der Waals surface area contributed by atoms with E-state index in [2.05, 4.69) is 15.3 Å². The van der Waals surface area contributed by atoms with Crippen LogP contribution >= 0.6 is 11.8 Å². The molecule has 1 aromatic heterocycles. The van der Waals surface area contributed by atoms with E-state index >= 15 is 0 Å². The van der Waals surface area contributed by atoms with E-state index in [4.69, 9.17) is 9.47 Å². The van der Waals surface area contributed by atoms with E-state index in [9.17, 15) is 13.6 Å². The van der Waals surface area contributed by atoms with Gasteiger partial charge in [-0.2, -0.15) is 0 Å². The summed E-state index contributed by atoms with van der Waals surface area (Å²) in [5, 5.41) is 3.12. The predicted molar refractivity (Wildman–Crippen MR) is 94.9 cm³/mol. The van der Waals surface area contributed by atoms with Gasteiger partial charge in [-0.05, 0) is 12.1 Å². The normalized spacial score (nSPS) is 10.8. The summed E-state index contributed by atoms with van der Waals surface area (Å²) in [5.41, 5.74) is 1.13. The number of rotatable bonds is 6. The van der Waals surface area contributed by atoms with Crippen LogP contribution in [0.15, 0.2) is 35.5 Å². The Kier molecular flexibility index (Phi) is 5.27. The number of hydrogen-bond acceptors (Lipinski definition) is 5. The summed E-state index contributed by atoms with van der Waals surface area (Å²) in [6, 6.07) is 7.09. The van der Waals surface area contributed by atoms with Crippen LogP contribution in [0.4, 0.5) is 14.5 Å². The summed E-state index contributed by atoms with van der Waals surface area (Å²) < 4.78 is 36.8. The summed E-state index contributed by atoms with van der Waals surface area (Å²) in [6.07, 6.45) is 0. The molecule has 6 nitrogen and oxygen atoms in total. The van der Waals surface area contributed by atoms with Crippen LogP contribution in [0, 0.1) is 11.6 Å². The number of carbonyl (C=O) groups excluding carboxylic acids is 1. The fourth-order valence-electron chi connectivity index (χ4n) is 2.28. The molecule has 3 aromatic rings. The SMILES string of the molecule is COc1ccc(OC)c(NC(=O)CSc2nc3cc(F)c(F)cc3[nH]2)c1. The van der Waals surface area contributed by atoms with Gasteiger partial charge in [-0.3, -0.25) is 4.79 Å². The molecule has 0 aliphatic heterocycles. The van der Waals surface area contributed by atoms with Crippen molar-refractivity contribution in [3.05, 3.63) is 42.0 Å². The first-order chi connectivity index (χ1) is 12.5. The number of methoxy groups -OCH3 is 2. The number of thioether (sulfide) groups is 1. The maximum absolute atomic E-state index is 13.2. The lowest BCUT2D eigenvalue weighted by Gasteiger charge is -2.11. The number of H-pyrrole nitrogens is 1. The zero-order valence-electron chi connectivity index (χ0n) is 13.9. The Morgan fingerprint density at radius 2 is 1.96 bits per heavy atom. The lowest BCUT2D eigenvalue weighted by Crippen LogP contribution is -2.14. The summed E-state index contributed by atoms with van der Waals surface area (Å²) >= 11 is 1.11. The smallest absolute Gasteiger partial charge is 0.234 e. The number of ether oxygens (including phenoxy) is 2. The van der Waals surface area contributed by atoms with Crippen LogP contribution in [-0.2, 0) is 4.79 Å². The second-order valence-electron chi connectivity index (χ2n) is 5.23. The zero-order valence-corrected chi connectivity index (χ0v) is 14.7. The van der Waals surface area contributed by atoms with Gasteiger partial charge in [0.15, 0.2) is 16.8 Å². The van der Waals surface area contributed by atoms with Gasteiger partial charge < -0.3 is 19.8 Å². The molecular weight excluding hydrogens is 364 g/mol. The largest absolute Gasteiger partial charge is 0.497 e. The van der Waals surface area contributed by atoms with E-state index in [0.29, 0.717) is 33.4 Å². The third kappa shape index (κ3) is 3.88. The summed E-state index contributed by atoms with van der Waals surface area (Å²) in [5.74, 6) is -1.09. The number of carbonyl (C=O) groups is 1. The van der Waals surface area contributed by atoms with Gasteiger partial charge in [-0.15, -0.1) is 0 Å². The van der Waals surface area contributed by atoms with Crippen molar-refractivity contribution in [3.8, 4) is 11.5 Å². The molecule has 2 aromatic carbocycles. The molecule has 0 atom stereocenters. The minimum Gasteiger partial charge on any atom is -0.497 e. The van der Waals surface area contributed by atoms with E-state index in [0.717, 1.165) is 23.9 Å². The van der Waals surface area contributed by atoms with Gasteiger partial charge in [0.2, 0.25) is 5.91 Å². The molecule has 0 aliphatic carbocycles. The molecule has 0 unspecified atom stereocenters. The Hall–Kier alpha value is -2.81. The molecule has 26 heavy (non-hydrogen) atoms. The number of anilines is 1. The maximum Gasteiger partial charge on any atom is 0.234 e. The third-order valence-corrected chi connectivity index (χ3v) is 4.40. The number of aromatic nitrogens is 2. The molecule has 0 spiro atoms. The summed E-state index contributed by atoms with van der Waals surface area (Å²) in [4.78, 5) is 19.2. The standard InChI is InChI=1S/C17H15F2N3O3S/c1-24-9-3-4-15(25-2)14(5-9)20-16(23)8-26-17-21-12-6-10(18)11(19)7-13(12)22-17/h3-7H,8H2,1-2H3,(H,20,23)(H,21,22). The highest BCUT2D eigenvalue weighted by Crippen LogP contribution is 2.29. The minimum absolute atomic E-state index is 0.0468. The molecule has 2 N–H and O–H groups in total. The fraction of sp³-hybridized carbons (Fsp3) is 0.176. The number of aromatic amines is 1. The van der Waals surface area contributed by atoms with Gasteiger partial charge in [0.05, 0.1) is 36.7 Å². The monoisotopic (exact) mass is 379 g/mol. The second kappa shape index (κ2) is 7.61. The first-order valence-electron chi connectivity index (χ1n) is 7.49. The molecule has 0 bridgehead atoms. The van der Waals surface area contributed by atoms with Crippen LogP contribution in [0.25, 0.3) is 11.0 Å². The highest BCUT2D eigenvalue weighted by molar-refractivity contribution is 7.99. The molecule has 0 fully saturated rings. The van der Waals surface area contributed by atoms with E-state index in [1.54, 1.807) is 18.2 Å². The minimum atomic E-state index is -0.969. The predicted octanol–water partition coefficient (Wildman–Crippen LogP) is 3.59. The van der Waals surface area contributed by atoms with Gasteiger partial charge in [-0.25, -0.2) is 13.8 Å². The van der Waals surface area contributed by atoms with Crippen molar-refractivity contribution in [3.63, 3.8) is 0 Å². The van der Waals surface area contributed by atoms with Crippen LogP contribution in [0.3, 0.4) is 0 Å². The van der Waals surface area contributed by atoms with Gasteiger partial charge in [0, 0.05) is 18.2 Å². The van der Waals surface area contributed by atoms with E-state index in [1.165, 1.54) is 14.2 Å². The van der Waals surface area contributed by atoms with Crippen molar-refractivity contribution < 1.29 is 23.0 Å². The first-order valence-corrected chi connectivity index (χ1v) is 8.48. The molecule has 0 saturated heterocycles. The lowest BCUT2D eigenvalue weighted by molar-refractivity contribution is -0.113. The van der Waals surface area contributed by atoms with Crippen molar-refractivity contribution >= 4 is 34.4 Å². The van der Waals surface area contributed by atoms with Crippen molar-refractivity contribution in [1.29, 1.82) is 0 Å². The van der Waals surface area contributed by atoms with Crippen LogP contribution < -0.4 is 14.8 Å². The first kappa shape index (κ1) is 18.0. The van der Waals surface area contributed by atoms with Gasteiger partial charge in [0.1, 0.15) is 11.5 Å². The number of hydrogen-bond donors (Lipinski definition) is 2. The molecule has 136 valence electrons. The molecule has 9 heteroatoms. The Bertz CT molecular complexity index is 923. The molecular formula is C17H15F2N3O3S. The van der Waals surface area contributed by atoms with Crippen LogP contribution in [0.2, 0.25) is 0 Å². The number of imidazole rings is 1. The lowest BCUT2D eigenvalue weighted by atomic mass is 10.2. The highest BCUT2D eigenvalue weighted by Gasteiger charge is 2.12. The number of amides is 1. The van der Waals surface area contributed by atoms with Crippen molar-refractivity contribution in [1.82, 2.24) is 9.97 Å². The van der Waals surface area contributed by atoms with Crippen molar-refractivity contribution in [2.24, 2.45) is 0 Å². The average molecular weight is 379 g/mol. The quantitative estimate of drug-likeness (QED) is 0.640. The zero-order chi connectivity index (χ0) is 18.7. The Morgan fingerprint density at radius 3 is 2.69 bits per heavy atom. The van der Waals surface area contributed by atoms with E-state index < -0.39 is 11.6 Å². The molecule has 0 aliphatic rings.